The Hall–Kier alpha value is -4.78. The molecule has 0 fully saturated rings. The average Bonchev–Trinajstić information content (AvgIpc) is 2.99. The minimum Gasteiger partial charge on any atom is -0.508 e. The third-order valence-corrected chi connectivity index (χ3v) is 6.52. The van der Waals surface area contributed by atoms with Gasteiger partial charge in [0.2, 0.25) is 0 Å². The monoisotopic (exact) mass is 526 g/mol. The fourth-order valence-electron chi connectivity index (χ4n) is 4.48. The highest BCUT2D eigenvalue weighted by molar-refractivity contribution is 5.72. The average molecular weight is 527 g/mol. The van der Waals surface area contributed by atoms with E-state index in [-0.39, 0.29) is 5.75 Å². The molecule has 1 aliphatic heterocycles. The van der Waals surface area contributed by atoms with Crippen molar-refractivity contribution in [1.82, 2.24) is 0 Å². The molecule has 1 heterocycles. The van der Waals surface area contributed by atoms with E-state index in [4.69, 9.17) is 28.4 Å². The standard InChI is InChI=1S/C32H30O7/c1-34-25-13-21(14-26(18-25)35-2)6-5-20-7-12-29-30(15-20)39-31(22-8-10-24(33)11-9-22)32(38-29)23-16-27(36-3)19-28(17-23)37-4/h5-19,31-33H,1-4H3/b6-5+. The Balaban J connectivity index is 1.50. The summed E-state index contributed by atoms with van der Waals surface area (Å²) in [5, 5.41) is 9.86. The minimum atomic E-state index is -0.489. The van der Waals surface area contributed by atoms with Gasteiger partial charge in [-0.3, -0.25) is 0 Å². The molecule has 2 unspecified atom stereocenters. The van der Waals surface area contributed by atoms with Gasteiger partial charge in [-0.25, -0.2) is 0 Å². The predicted molar refractivity (Wildman–Crippen MR) is 149 cm³/mol. The van der Waals surface area contributed by atoms with Crippen molar-refractivity contribution in [1.29, 1.82) is 0 Å². The summed E-state index contributed by atoms with van der Waals surface area (Å²) < 4.78 is 34.8. The van der Waals surface area contributed by atoms with Gasteiger partial charge >= 0.3 is 0 Å². The minimum absolute atomic E-state index is 0.178. The van der Waals surface area contributed by atoms with Gasteiger partial charge in [-0.2, -0.15) is 0 Å². The summed E-state index contributed by atoms with van der Waals surface area (Å²) >= 11 is 0. The summed E-state index contributed by atoms with van der Waals surface area (Å²) in [5.41, 5.74) is 3.57. The van der Waals surface area contributed by atoms with Crippen LogP contribution in [0.5, 0.6) is 40.2 Å². The van der Waals surface area contributed by atoms with Crippen molar-refractivity contribution in [3.63, 3.8) is 0 Å². The first-order valence-corrected chi connectivity index (χ1v) is 12.4. The predicted octanol–water partition coefficient (Wildman–Crippen LogP) is 6.85. The van der Waals surface area contributed by atoms with E-state index >= 15 is 0 Å². The van der Waals surface area contributed by atoms with Gasteiger partial charge in [0.1, 0.15) is 28.7 Å². The van der Waals surface area contributed by atoms with E-state index in [1.807, 2.05) is 78.9 Å². The molecular formula is C32H30O7. The quantitative estimate of drug-likeness (QED) is 0.252. The molecule has 4 aromatic rings. The Morgan fingerprint density at radius 1 is 0.538 bits per heavy atom. The largest absolute Gasteiger partial charge is 0.508 e. The van der Waals surface area contributed by atoms with Crippen LogP contribution in [-0.2, 0) is 0 Å². The van der Waals surface area contributed by atoms with Crippen LogP contribution in [0.15, 0.2) is 78.9 Å². The summed E-state index contributed by atoms with van der Waals surface area (Å²) in [6.07, 6.45) is 3.00. The molecule has 1 aliphatic rings. The number of phenols is 1. The van der Waals surface area contributed by atoms with Crippen LogP contribution < -0.4 is 28.4 Å². The van der Waals surface area contributed by atoms with Gasteiger partial charge in [-0.15, -0.1) is 0 Å². The van der Waals surface area contributed by atoms with Gasteiger partial charge in [0.15, 0.2) is 23.7 Å². The fourth-order valence-corrected chi connectivity index (χ4v) is 4.48. The molecule has 5 rings (SSSR count). The highest BCUT2D eigenvalue weighted by Gasteiger charge is 2.35. The number of hydrogen-bond acceptors (Lipinski definition) is 7. The highest BCUT2D eigenvalue weighted by Crippen LogP contribution is 2.47. The van der Waals surface area contributed by atoms with Gasteiger partial charge in [-0.05, 0) is 65.2 Å². The maximum absolute atomic E-state index is 9.86. The molecule has 0 aromatic heterocycles. The molecule has 0 bridgehead atoms. The van der Waals surface area contributed by atoms with Gasteiger partial charge < -0.3 is 33.5 Å². The van der Waals surface area contributed by atoms with Crippen molar-refractivity contribution in [3.8, 4) is 40.2 Å². The molecule has 0 saturated carbocycles. The number of benzene rings is 4. The van der Waals surface area contributed by atoms with Crippen LogP contribution in [0.1, 0.15) is 34.5 Å². The van der Waals surface area contributed by atoms with E-state index in [0.29, 0.717) is 34.5 Å². The second kappa shape index (κ2) is 11.3. The van der Waals surface area contributed by atoms with Crippen molar-refractivity contribution in [3.05, 3.63) is 101 Å². The van der Waals surface area contributed by atoms with Crippen molar-refractivity contribution in [2.45, 2.75) is 12.2 Å². The lowest BCUT2D eigenvalue weighted by atomic mass is 9.96. The van der Waals surface area contributed by atoms with Crippen molar-refractivity contribution in [2.24, 2.45) is 0 Å². The van der Waals surface area contributed by atoms with Crippen molar-refractivity contribution < 1.29 is 33.5 Å². The number of ether oxygens (including phenoxy) is 6. The molecule has 2 atom stereocenters. The summed E-state index contributed by atoms with van der Waals surface area (Å²) in [7, 11) is 6.48. The van der Waals surface area contributed by atoms with Crippen LogP contribution in [0.2, 0.25) is 0 Å². The summed E-state index contributed by atoms with van der Waals surface area (Å²) in [6.45, 7) is 0. The molecule has 39 heavy (non-hydrogen) atoms. The molecule has 0 radical (unpaired) electrons. The van der Waals surface area contributed by atoms with Crippen LogP contribution in [0, 0.1) is 0 Å². The van der Waals surface area contributed by atoms with Crippen LogP contribution in [-0.4, -0.2) is 33.5 Å². The van der Waals surface area contributed by atoms with Gasteiger partial charge in [0, 0.05) is 17.7 Å². The zero-order chi connectivity index (χ0) is 27.4. The lowest BCUT2D eigenvalue weighted by molar-refractivity contribution is 0.0181. The number of methoxy groups -OCH3 is 4. The molecule has 7 heteroatoms. The maximum atomic E-state index is 9.86. The SMILES string of the molecule is COc1cc(/C=C/c2ccc3c(c2)OC(c2ccc(O)cc2)C(c2cc(OC)cc(OC)c2)O3)cc(OC)c1. The second-order valence-corrected chi connectivity index (χ2v) is 9.00. The van der Waals surface area contributed by atoms with Crippen LogP contribution in [0.4, 0.5) is 0 Å². The van der Waals surface area contributed by atoms with E-state index in [0.717, 1.165) is 22.3 Å². The summed E-state index contributed by atoms with van der Waals surface area (Å²) in [6, 6.07) is 24.1. The smallest absolute Gasteiger partial charge is 0.165 e. The Bertz CT molecular complexity index is 1430. The molecule has 1 N–H and O–H groups in total. The third kappa shape index (κ3) is 5.72. The highest BCUT2D eigenvalue weighted by atomic mass is 16.6. The summed E-state index contributed by atoms with van der Waals surface area (Å²) in [5.74, 6) is 4.15. The number of rotatable bonds is 8. The molecule has 0 amide bonds. The second-order valence-electron chi connectivity index (χ2n) is 9.00. The van der Waals surface area contributed by atoms with Crippen molar-refractivity contribution >= 4 is 12.2 Å². The van der Waals surface area contributed by atoms with E-state index in [9.17, 15) is 5.11 Å². The van der Waals surface area contributed by atoms with Crippen molar-refractivity contribution in [2.75, 3.05) is 28.4 Å². The Morgan fingerprint density at radius 2 is 1.05 bits per heavy atom. The molecule has 200 valence electrons. The maximum Gasteiger partial charge on any atom is 0.165 e. The van der Waals surface area contributed by atoms with Crippen LogP contribution in [0.25, 0.3) is 12.2 Å². The first-order valence-electron chi connectivity index (χ1n) is 12.4. The number of fused-ring (bicyclic) bond motifs is 1. The Labute approximate surface area is 227 Å². The van der Waals surface area contributed by atoms with Crippen LogP contribution in [0.3, 0.4) is 0 Å². The normalized spacial score (nSPS) is 16.1. The Morgan fingerprint density at radius 3 is 1.64 bits per heavy atom. The molecule has 0 aliphatic carbocycles. The fraction of sp³-hybridized carbons (Fsp3) is 0.188. The molecule has 0 saturated heterocycles. The number of phenolic OH excluding ortho intramolecular Hbond substituents is 1. The topological polar surface area (TPSA) is 75.6 Å². The first-order chi connectivity index (χ1) is 19.0. The Kier molecular flexibility index (Phi) is 7.50. The van der Waals surface area contributed by atoms with E-state index in [2.05, 4.69) is 0 Å². The summed E-state index contributed by atoms with van der Waals surface area (Å²) in [4.78, 5) is 0. The van der Waals surface area contributed by atoms with Gasteiger partial charge in [-0.1, -0.05) is 30.4 Å². The van der Waals surface area contributed by atoms with Gasteiger partial charge in [0.25, 0.3) is 0 Å². The number of aromatic hydroxyl groups is 1. The van der Waals surface area contributed by atoms with E-state index < -0.39 is 12.2 Å². The van der Waals surface area contributed by atoms with E-state index in [1.165, 1.54) is 0 Å². The molecule has 4 aromatic carbocycles. The zero-order valence-corrected chi connectivity index (χ0v) is 22.2. The third-order valence-electron chi connectivity index (χ3n) is 6.52. The first kappa shape index (κ1) is 25.9. The van der Waals surface area contributed by atoms with E-state index in [1.54, 1.807) is 40.6 Å². The lowest BCUT2D eigenvalue weighted by Crippen LogP contribution is -2.26. The van der Waals surface area contributed by atoms with Gasteiger partial charge in [0.05, 0.1) is 28.4 Å². The lowest BCUT2D eigenvalue weighted by Gasteiger charge is -2.35. The molecule has 0 spiro atoms. The zero-order valence-electron chi connectivity index (χ0n) is 22.2. The molecule has 7 nitrogen and oxygen atoms in total. The van der Waals surface area contributed by atoms with Crippen LogP contribution >= 0.6 is 0 Å². The molecular weight excluding hydrogens is 496 g/mol. The number of hydrogen-bond donors (Lipinski definition) is 1.